The molecule has 0 atom stereocenters. The Hall–Kier alpha value is -1.57. The summed E-state index contributed by atoms with van der Waals surface area (Å²) in [5, 5.41) is 0. The molecule has 0 aliphatic rings. The van der Waals surface area contributed by atoms with E-state index in [0.717, 1.165) is 6.42 Å². The summed E-state index contributed by atoms with van der Waals surface area (Å²) in [5.74, 6) is -0.422. The highest BCUT2D eigenvalue weighted by Gasteiger charge is 1.90. The molecular weight excluding hydrogens is 270 g/mol. The fourth-order valence-electron chi connectivity index (χ4n) is 2.15. The fraction of sp³-hybridized carbons (Fsp3) is 0.550. The van der Waals surface area contributed by atoms with Crippen LogP contribution >= 0.6 is 0 Å². The van der Waals surface area contributed by atoms with Crippen LogP contribution in [0.2, 0.25) is 0 Å². The van der Waals surface area contributed by atoms with Crippen molar-refractivity contribution in [2.24, 2.45) is 5.73 Å². The molecule has 0 bridgehead atoms. The number of hydrogen-bond donors (Lipinski definition) is 1. The van der Waals surface area contributed by atoms with Crippen LogP contribution in [0.25, 0.3) is 0 Å². The van der Waals surface area contributed by atoms with Gasteiger partial charge in [0.15, 0.2) is 0 Å². The Kier molecular flexibility index (Phi) is 16.2. The van der Waals surface area contributed by atoms with Gasteiger partial charge in [-0.2, -0.15) is 0 Å². The number of rotatable bonds is 14. The van der Waals surface area contributed by atoms with E-state index in [9.17, 15) is 4.79 Å². The SMILES string of the molecule is CCCCCCCCCCCC=CC=CC=C/C=C/C(N)=O. The van der Waals surface area contributed by atoms with E-state index >= 15 is 0 Å². The van der Waals surface area contributed by atoms with Crippen molar-refractivity contribution < 1.29 is 4.79 Å². The van der Waals surface area contributed by atoms with Crippen LogP contribution in [0.3, 0.4) is 0 Å². The lowest BCUT2D eigenvalue weighted by Gasteiger charge is -2.00. The molecule has 0 aromatic carbocycles. The number of carbonyl (C=O) groups excluding carboxylic acids is 1. The van der Waals surface area contributed by atoms with Gasteiger partial charge in [0.2, 0.25) is 5.91 Å². The third kappa shape index (κ3) is 18.4. The Balaban J connectivity index is 3.35. The Morgan fingerprint density at radius 3 is 1.82 bits per heavy atom. The summed E-state index contributed by atoms with van der Waals surface area (Å²) in [6.07, 6.45) is 28.4. The lowest BCUT2D eigenvalue weighted by molar-refractivity contribution is -0.113. The second-order valence-corrected chi connectivity index (χ2v) is 5.58. The van der Waals surface area contributed by atoms with Gasteiger partial charge in [0, 0.05) is 6.08 Å². The normalized spacial score (nSPS) is 12.4. The predicted octanol–water partition coefficient (Wildman–Crippen LogP) is 5.62. The molecule has 0 aromatic heterocycles. The number of amides is 1. The molecular formula is C20H33NO. The maximum Gasteiger partial charge on any atom is 0.241 e. The van der Waals surface area contributed by atoms with Crippen molar-refractivity contribution in [3.05, 3.63) is 48.6 Å². The van der Waals surface area contributed by atoms with Crippen LogP contribution in [0.1, 0.15) is 71.1 Å². The standard InChI is InChI=1S/C20H33NO/c1-2-3-4-5-6-7-8-9-10-11-12-13-14-15-16-17-18-19-20(21)22/h12-19H,2-11H2,1H3,(H2,21,22)/b13-12?,15-14?,17-16?,19-18+. The van der Waals surface area contributed by atoms with Crippen LogP contribution in [0.5, 0.6) is 0 Å². The summed E-state index contributed by atoms with van der Waals surface area (Å²) in [4.78, 5) is 10.4. The maximum atomic E-state index is 10.4. The summed E-state index contributed by atoms with van der Waals surface area (Å²) in [5.41, 5.74) is 4.97. The molecule has 0 radical (unpaired) electrons. The van der Waals surface area contributed by atoms with Crippen LogP contribution < -0.4 is 5.73 Å². The summed E-state index contributed by atoms with van der Waals surface area (Å²) in [6.45, 7) is 2.26. The molecule has 2 N–H and O–H groups in total. The number of carbonyl (C=O) groups is 1. The number of allylic oxidation sites excluding steroid dienone is 7. The summed E-state index contributed by atoms with van der Waals surface area (Å²) < 4.78 is 0. The van der Waals surface area contributed by atoms with Crippen LogP contribution in [0, 0.1) is 0 Å². The van der Waals surface area contributed by atoms with E-state index in [1.54, 1.807) is 12.2 Å². The first kappa shape index (κ1) is 20.4. The molecule has 0 heterocycles. The van der Waals surface area contributed by atoms with E-state index in [2.05, 4.69) is 19.1 Å². The van der Waals surface area contributed by atoms with Crippen LogP contribution in [-0.2, 0) is 4.79 Å². The first-order valence-electron chi connectivity index (χ1n) is 8.73. The first-order chi connectivity index (χ1) is 10.8. The number of nitrogens with two attached hydrogens (primary N) is 1. The van der Waals surface area contributed by atoms with Gasteiger partial charge in [-0.25, -0.2) is 0 Å². The lowest BCUT2D eigenvalue weighted by Crippen LogP contribution is -2.04. The lowest BCUT2D eigenvalue weighted by atomic mass is 10.1. The van der Waals surface area contributed by atoms with Crippen LogP contribution in [-0.4, -0.2) is 5.91 Å². The quantitative estimate of drug-likeness (QED) is 0.253. The van der Waals surface area contributed by atoms with Crippen molar-refractivity contribution in [1.29, 1.82) is 0 Å². The minimum Gasteiger partial charge on any atom is -0.366 e. The van der Waals surface area contributed by atoms with Gasteiger partial charge in [0.1, 0.15) is 0 Å². The molecule has 0 saturated heterocycles. The first-order valence-corrected chi connectivity index (χ1v) is 8.73. The predicted molar refractivity (Wildman–Crippen MR) is 97.6 cm³/mol. The Morgan fingerprint density at radius 2 is 1.23 bits per heavy atom. The highest BCUT2D eigenvalue weighted by molar-refractivity contribution is 5.85. The zero-order valence-corrected chi connectivity index (χ0v) is 14.2. The smallest absolute Gasteiger partial charge is 0.241 e. The third-order valence-electron chi connectivity index (χ3n) is 3.43. The van der Waals surface area contributed by atoms with Gasteiger partial charge < -0.3 is 5.73 Å². The Bertz CT molecular complexity index is 364. The molecule has 0 aromatic rings. The summed E-state index contributed by atoms with van der Waals surface area (Å²) in [6, 6.07) is 0. The van der Waals surface area contributed by atoms with E-state index < -0.39 is 5.91 Å². The molecule has 0 fully saturated rings. The van der Waals surface area contributed by atoms with Crippen molar-refractivity contribution in [3.63, 3.8) is 0 Å². The molecule has 0 unspecified atom stereocenters. The third-order valence-corrected chi connectivity index (χ3v) is 3.43. The summed E-state index contributed by atoms with van der Waals surface area (Å²) in [7, 11) is 0. The van der Waals surface area contributed by atoms with Crippen molar-refractivity contribution >= 4 is 5.91 Å². The molecule has 0 rings (SSSR count). The van der Waals surface area contributed by atoms with Gasteiger partial charge in [-0.15, -0.1) is 0 Å². The molecule has 2 nitrogen and oxygen atoms in total. The van der Waals surface area contributed by atoms with E-state index in [-0.39, 0.29) is 0 Å². The molecule has 0 spiro atoms. The summed E-state index contributed by atoms with van der Waals surface area (Å²) >= 11 is 0. The molecule has 0 aliphatic carbocycles. The fourth-order valence-corrected chi connectivity index (χ4v) is 2.15. The van der Waals surface area contributed by atoms with Gasteiger partial charge in [0.25, 0.3) is 0 Å². The van der Waals surface area contributed by atoms with Gasteiger partial charge in [-0.1, -0.05) is 101 Å². The van der Waals surface area contributed by atoms with E-state index in [0.29, 0.717) is 0 Å². The second kappa shape index (κ2) is 17.5. The minimum atomic E-state index is -0.422. The zero-order valence-electron chi connectivity index (χ0n) is 14.2. The monoisotopic (exact) mass is 303 g/mol. The largest absolute Gasteiger partial charge is 0.366 e. The average molecular weight is 303 g/mol. The van der Waals surface area contributed by atoms with Crippen molar-refractivity contribution in [1.82, 2.24) is 0 Å². The minimum absolute atomic E-state index is 0.422. The molecule has 0 saturated carbocycles. The highest BCUT2D eigenvalue weighted by atomic mass is 16.1. The number of hydrogen-bond acceptors (Lipinski definition) is 1. The van der Waals surface area contributed by atoms with Gasteiger partial charge >= 0.3 is 0 Å². The molecule has 124 valence electrons. The maximum absolute atomic E-state index is 10.4. The van der Waals surface area contributed by atoms with E-state index in [4.69, 9.17) is 5.73 Å². The molecule has 2 heteroatoms. The van der Waals surface area contributed by atoms with Crippen LogP contribution in [0.15, 0.2) is 48.6 Å². The van der Waals surface area contributed by atoms with Crippen molar-refractivity contribution in [3.8, 4) is 0 Å². The molecule has 22 heavy (non-hydrogen) atoms. The van der Waals surface area contributed by atoms with E-state index in [1.807, 2.05) is 18.2 Å². The number of unbranched alkanes of at least 4 members (excludes halogenated alkanes) is 9. The van der Waals surface area contributed by atoms with Gasteiger partial charge in [-0.3, -0.25) is 4.79 Å². The van der Waals surface area contributed by atoms with Crippen molar-refractivity contribution in [2.75, 3.05) is 0 Å². The van der Waals surface area contributed by atoms with Gasteiger partial charge in [0.05, 0.1) is 0 Å². The topological polar surface area (TPSA) is 43.1 Å². The Morgan fingerprint density at radius 1 is 0.727 bits per heavy atom. The highest BCUT2D eigenvalue weighted by Crippen LogP contribution is 2.10. The van der Waals surface area contributed by atoms with Crippen molar-refractivity contribution in [2.45, 2.75) is 71.1 Å². The van der Waals surface area contributed by atoms with Crippen LogP contribution in [0.4, 0.5) is 0 Å². The average Bonchev–Trinajstić information content (AvgIpc) is 2.50. The number of primary amides is 1. The second-order valence-electron chi connectivity index (χ2n) is 5.58. The van der Waals surface area contributed by atoms with E-state index in [1.165, 1.54) is 63.9 Å². The molecule has 1 amide bonds. The van der Waals surface area contributed by atoms with Gasteiger partial charge in [-0.05, 0) is 12.8 Å². The Labute approximate surface area is 136 Å². The molecule has 0 aliphatic heterocycles. The zero-order chi connectivity index (χ0) is 16.3.